The molecule has 0 bridgehead atoms. The maximum Gasteiger partial charge on any atom is 0.211 e. The van der Waals surface area contributed by atoms with Crippen molar-refractivity contribution in [1.29, 1.82) is 0 Å². The zero-order valence-corrected chi connectivity index (χ0v) is 17.4. The third-order valence-electron chi connectivity index (χ3n) is 5.21. The van der Waals surface area contributed by atoms with Gasteiger partial charge in [0.15, 0.2) is 5.82 Å². The number of aliphatic hydroxyl groups excluding tert-OH is 1. The van der Waals surface area contributed by atoms with Gasteiger partial charge in [-0.3, -0.25) is 0 Å². The zero-order chi connectivity index (χ0) is 20.1. The lowest BCUT2D eigenvalue weighted by Crippen LogP contribution is -2.27. The molecule has 3 rings (SSSR count). The molecular formula is C19H31N5O3S. The van der Waals surface area contributed by atoms with Gasteiger partial charge < -0.3 is 15.4 Å². The highest BCUT2D eigenvalue weighted by atomic mass is 32.2. The standard InChI is InChI=1S/C19H31N5O3S/c1-2-13-28(26,27)21-10-5-6-11-24-16(9-12-25)23-17-18(24)14-7-3-4-8-15(14)22-19(17)20/h21,25H,2-13H2,1H3,(H2,20,22). The van der Waals surface area contributed by atoms with Crippen molar-refractivity contribution >= 4 is 26.9 Å². The molecule has 0 radical (unpaired) electrons. The molecule has 0 aliphatic heterocycles. The highest BCUT2D eigenvalue weighted by molar-refractivity contribution is 7.89. The molecule has 2 aromatic rings. The van der Waals surface area contributed by atoms with E-state index in [4.69, 9.17) is 5.73 Å². The van der Waals surface area contributed by atoms with Crippen LogP contribution in [0.25, 0.3) is 11.0 Å². The maximum atomic E-state index is 11.8. The lowest BCUT2D eigenvalue weighted by Gasteiger charge is -2.18. The third-order valence-corrected chi connectivity index (χ3v) is 6.80. The van der Waals surface area contributed by atoms with Crippen molar-refractivity contribution in [2.24, 2.45) is 0 Å². The van der Waals surface area contributed by atoms with Crippen LogP contribution in [0.1, 0.15) is 56.1 Å². The molecule has 4 N–H and O–H groups in total. The van der Waals surface area contributed by atoms with Crippen molar-refractivity contribution in [2.75, 3.05) is 24.6 Å². The first-order valence-corrected chi connectivity index (χ1v) is 11.9. The highest BCUT2D eigenvalue weighted by Gasteiger charge is 2.22. The lowest BCUT2D eigenvalue weighted by atomic mass is 9.95. The Morgan fingerprint density at radius 2 is 2.00 bits per heavy atom. The Morgan fingerprint density at radius 1 is 1.21 bits per heavy atom. The number of aromatic nitrogens is 3. The van der Waals surface area contributed by atoms with E-state index in [2.05, 4.69) is 19.3 Å². The number of hydrogen-bond acceptors (Lipinski definition) is 6. The van der Waals surface area contributed by atoms with Crippen molar-refractivity contribution in [3.05, 3.63) is 17.1 Å². The Bertz CT molecular complexity index is 924. The number of anilines is 1. The number of nitrogens with two attached hydrogens (primary N) is 1. The van der Waals surface area contributed by atoms with Crippen LogP contribution in [-0.2, 0) is 35.8 Å². The van der Waals surface area contributed by atoms with Crippen LogP contribution in [0.5, 0.6) is 0 Å². The summed E-state index contributed by atoms with van der Waals surface area (Å²) < 4.78 is 28.3. The van der Waals surface area contributed by atoms with Crippen molar-refractivity contribution < 1.29 is 13.5 Å². The molecule has 0 spiro atoms. The molecule has 8 nitrogen and oxygen atoms in total. The molecule has 2 heterocycles. The molecule has 0 unspecified atom stereocenters. The van der Waals surface area contributed by atoms with Crippen LogP contribution in [0.15, 0.2) is 0 Å². The van der Waals surface area contributed by atoms with E-state index in [9.17, 15) is 13.5 Å². The predicted octanol–water partition coefficient (Wildman–Crippen LogP) is 1.54. The minimum atomic E-state index is -3.16. The number of nitrogens with one attached hydrogen (secondary N) is 1. The molecular weight excluding hydrogens is 378 g/mol. The van der Waals surface area contributed by atoms with Crippen molar-refractivity contribution in [3.8, 4) is 0 Å². The molecule has 0 atom stereocenters. The van der Waals surface area contributed by atoms with E-state index in [1.807, 2.05) is 6.92 Å². The largest absolute Gasteiger partial charge is 0.396 e. The van der Waals surface area contributed by atoms with Crippen LogP contribution < -0.4 is 10.5 Å². The van der Waals surface area contributed by atoms with Crippen LogP contribution in [0.4, 0.5) is 5.82 Å². The van der Waals surface area contributed by atoms with Gasteiger partial charge in [0.1, 0.15) is 11.3 Å². The van der Waals surface area contributed by atoms with E-state index in [0.29, 0.717) is 25.2 Å². The maximum absolute atomic E-state index is 11.8. The summed E-state index contributed by atoms with van der Waals surface area (Å²) in [5.41, 5.74) is 10.3. The SMILES string of the molecule is CCCS(=O)(=O)NCCCCn1c(CCO)nc2c(N)nc3c(c21)CCCC3. The summed E-state index contributed by atoms with van der Waals surface area (Å²) in [6.07, 6.45) is 6.80. The van der Waals surface area contributed by atoms with Crippen LogP contribution in [-0.4, -0.2) is 47.0 Å². The van der Waals surface area contributed by atoms with Crippen LogP contribution in [0.2, 0.25) is 0 Å². The van der Waals surface area contributed by atoms with Crippen molar-refractivity contribution in [3.63, 3.8) is 0 Å². The molecule has 9 heteroatoms. The number of nitrogen functional groups attached to an aromatic ring is 1. The van der Waals surface area contributed by atoms with E-state index >= 15 is 0 Å². The number of nitrogens with zero attached hydrogens (tertiary/aromatic N) is 3. The van der Waals surface area contributed by atoms with E-state index in [1.165, 1.54) is 5.56 Å². The van der Waals surface area contributed by atoms with E-state index < -0.39 is 10.0 Å². The average Bonchev–Trinajstić information content (AvgIpc) is 3.01. The summed E-state index contributed by atoms with van der Waals surface area (Å²) in [5, 5.41) is 9.45. The van der Waals surface area contributed by atoms with Crippen LogP contribution in [0.3, 0.4) is 0 Å². The number of pyridine rings is 1. The van der Waals surface area contributed by atoms with Gasteiger partial charge in [-0.25, -0.2) is 23.1 Å². The summed E-state index contributed by atoms with van der Waals surface area (Å²) >= 11 is 0. The average molecular weight is 410 g/mol. The normalized spacial score (nSPS) is 14.5. The minimum absolute atomic E-state index is 0.0235. The van der Waals surface area contributed by atoms with Gasteiger partial charge in [0.2, 0.25) is 10.0 Å². The second-order valence-corrected chi connectivity index (χ2v) is 9.33. The minimum Gasteiger partial charge on any atom is -0.396 e. The van der Waals surface area contributed by atoms with Gasteiger partial charge in [-0.05, 0) is 50.5 Å². The number of unbranched alkanes of at least 4 members (excludes halogenated alkanes) is 1. The monoisotopic (exact) mass is 409 g/mol. The summed E-state index contributed by atoms with van der Waals surface area (Å²) in [6, 6.07) is 0. The van der Waals surface area contributed by atoms with Crippen molar-refractivity contribution in [2.45, 2.75) is 64.8 Å². The van der Waals surface area contributed by atoms with Crippen molar-refractivity contribution in [1.82, 2.24) is 19.3 Å². The number of hydrogen-bond donors (Lipinski definition) is 3. The smallest absolute Gasteiger partial charge is 0.211 e. The summed E-state index contributed by atoms with van der Waals surface area (Å²) in [4.78, 5) is 9.25. The molecule has 0 saturated heterocycles. The molecule has 28 heavy (non-hydrogen) atoms. The Labute approximate surface area is 166 Å². The second-order valence-electron chi connectivity index (χ2n) is 7.40. The topological polar surface area (TPSA) is 123 Å². The number of aryl methyl sites for hydroxylation is 3. The Kier molecular flexibility index (Phi) is 6.90. The predicted molar refractivity (Wildman–Crippen MR) is 111 cm³/mol. The number of sulfonamides is 1. The van der Waals surface area contributed by atoms with E-state index in [-0.39, 0.29) is 12.4 Å². The molecule has 1 aliphatic carbocycles. The Hall–Kier alpha value is -1.71. The number of aliphatic hydroxyl groups is 1. The highest BCUT2D eigenvalue weighted by Crippen LogP contribution is 2.31. The first kappa shape index (κ1) is 21.0. The second kappa shape index (κ2) is 9.19. The fraction of sp³-hybridized carbons (Fsp3) is 0.684. The molecule has 0 saturated carbocycles. The summed E-state index contributed by atoms with van der Waals surface area (Å²) in [5.74, 6) is 1.44. The summed E-state index contributed by atoms with van der Waals surface area (Å²) in [7, 11) is -3.16. The van der Waals surface area contributed by atoms with Gasteiger partial charge in [-0.2, -0.15) is 0 Å². The van der Waals surface area contributed by atoms with E-state index in [0.717, 1.165) is 67.6 Å². The first-order chi connectivity index (χ1) is 13.5. The lowest BCUT2D eigenvalue weighted by molar-refractivity contribution is 0.294. The Balaban J connectivity index is 1.79. The van der Waals surface area contributed by atoms with Gasteiger partial charge in [-0.1, -0.05) is 6.92 Å². The Morgan fingerprint density at radius 3 is 2.75 bits per heavy atom. The van der Waals surface area contributed by atoms with Gasteiger partial charge >= 0.3 is 0 Å². The first-order valence-electron chi connectivity index (χ1n) is 10.2. The van der Waals surface area contributed by atoms with E-state index in [1.54, 1.807) is 0 Å². The fourth-order valence-corrected chi connectivity index (χ4v) is 5.08. The molecule has 0 amide bonds. The third kappa shape index (κ3) is 4.64. The molecule has 0 aromatic carbocycles. The quantitative estimate of drug-likeness (QED) is 0.512. The van der Waals surface area contributed by atoms with Crippen LogP contribution >= 0.6 is 0 Å². The van der Waals surface area contributed by atoms with Gasteiger partial charge in [0, 0.05) is 25.2 Å². The molecule has 1 aliphatic rings. The summed E-state index contributed by atoms with van der Waals surface area (Å²) in [6.45, 7) is 3.03. The molecule has 156 valence electrons. The fourth-order valence-electron chi connectivity index (χ4n) is 3.95. The zero-order valence-electron chi connectivity index (χ0n) is 16.6. The molecule has 2 aromatic heterocycles. The van der Waals surface area contributed by atoms with Crippen LogP contribution in [0, 0.1) is 0 Å². The number of rotatable bonds is 10. The molecule has 0 fully saturated rings. The number of fused-ring (bicyclic) bond motifs is 3. The van der Waals surface area contributed by atoms with Gasteiger partial charge in [-0.15, -0.1) is 0 Å². The van der Waals surface area contributed by atoms with Gasteiger partial charge in [0.25, 0.3) is 0 Å². The van der Waals surface area contributed by atoms with Gasteiger partial charge in [0.05, 0.1) is 17.9 Å². The number of imidazole rings is 1.